The Morgan fingerprint density at radius 3 is 2.60 bits per heavy atom. The molecule has 1 aromatic carbocycles. The van der Waals surface area contributed by atoms with Gasteiger partial charge in [0.2, 0.25) is 15.9 Å². The lowest BCUT2D eigenvalue weighted by molar-refractivity contribution is -0.120. The van der Waals surface area contributed by atoms with Crippen molar-refractivity contribution in [2.75, 3.05) is 13.1 Å². The van der Waals surface area contributed by atoms with E-state index in [9.17, 15) is 22.0 Å². The minimum absolute atomic E-state index is 0.0258. The lowest BCUT2D eigenvalue weighted by Gasteiger charge is -2.13. The maximum atomic E-state index is 13.1. The van der Waals surface area contributed by atoms with Gasteiger partial charge < -0.3 is 5.32 Å². The molecule has 0 aliphatic heterocycles. The van der Waals surface area contributed by atoms with Gasteiger partial charge >= 0.3 is 0 Å². The van der Waals surface area contributed by atoms with Crippen LogP contribution in [0.1, 0.15) is 38.5 Å². The second-order valence-electron chi connectivity index (χ2n) is 5.93. The van der Waals surface area contributed by atoms with Crippen LogP contribution in [-0.2, 0) is 14.8 Å². The van der Waals surface area contributed by atoms with E-state index in [0.29, 0.717) is 12.6 Å². The average molecular weight is 372 g/mol. The highest BCUT2D eigenvalue weighted by molar-refractivity contribution is 7.89. The van der Waals surface area contributed by atoms with Gasteiger partial charge in [-0.1, -0.05) is 11.6 Å². The first-order valence-electron chi connectivity index (χ1n) is 8.28. The predicted molar refractivity (Wildman–Crippen MR) is 90.3 cm³/mol. The number of carbonyl (C=O) groups is 1. The van der Waals surface area contributed by atoms with Gasteiger partial charge in [0.05, 0.1) is 4.90 Å². The van der Waals surface area contributed by atoms with Crippen LogP contribution >= 0.6 is 0 Å². The van der Waals surface area contributed by atoms with Crippen molar-refractivity contribution in [2.45, 2.75) is 43.4 Å². The van der Waals surface area contributed by atoms with E-state index in [0.717, 1.165) is 31.4 Å². The third-order valence-corrected chi connectivity index (χ3v) is 5.46. The third kappa shape index (κ3) is 6.21. The van der Waals surface area contributed by atoms with Crippen LogP contribution in [0.15, 0.2) is 34.7 Å². The molecule has 0 radical (unpaired) electrons. The molecule has 1 amide bonds. The lowest BCUT2D eigenvalue weighted by atomic mass is 9.97. The first kappa shape index (κ1) is 19.5. The zero-order valence-corrected chi connectivity index (χ0v) is 14.7. The highest BCUT2D eigenvalue weighted by atomic mass is 32.2. The van der Waals surface area contributed by atoms with Gasteiger partial charge in [-0.25, -0.2) is 21.9 Å². The maximum Gasteiger partial charge on any atom is 0.240 e. The Labute approximate surface area is 146 Å². The zero-order valence-electron chi connectivity index (χ0n) is 13.9. The minimum Gasteiger partial charge on any atom is -0.356 e. The molecule has 0 aromatic heterocycles. The van der Waals surface area contributed by atoms with E-state index in [1.165, 1.54) is 18.4 Å². The van der Waals surface area contributed by atoms with Crippen LogP contribution in [0.3, 0.4) is 0 Å². The Hall–Kier alpha value is -1.80. The van der Waals surface area contributed by atoms with Crippen molar-refractivity contribution < 1.29 is 22.0 Å². The number of sulfonamides is 1. The molecule has 0 spiro atoms. The molecule has 25 heavy (non-hydrogen) atoms. The standard InChI is InChI=1S/C17H22F2N2O3S/c18-15-7-6-14(12-16(15)19)25(23,24)21-11-9-17(22)20-10-8-13-4-2-1-3-5-13/h4,6-7,12,21H,1-3,5,8-11H2,(H,20,22). The number of rotatable bonds is 8. The fourth-order valence-corrected chi connectivity index (χ4v) is 3.65. The van der Waals surface area contributed by atoms with E-state index in [1.807, 2.05) is 0 Å². The summed E-state index contributed by atoms with van der Waals surface area (Å²) < 4.78 is 52.1. The second-order valence-corrected chi connectivity index (χ2v) is 7.70. The van der Waals surface area contributed by atoms with Crippen molar-refractivity contribution in [3.63, 3.8) is 0 Å². The summed E-state index contributed by atoms with van der Waals surface area (Å²) in [6, 6.07) is 2.32. The molecule has 2 N–H and O–H groups in total. The monoisotopic (exact) mass is 372 g/mol. The largest absolute Gasteiger partial charge is 0.356 e. The smallest absolute Gasteiger partial charge is 0.240 e. The molecular weight excluding hydrogens is 350 g/mol. The molecule has 0 atom stereocenters. The van der Waals surface area contributed by atoms with E-state index < -0.39 is 21.7 Å². The van der Waals surface area contributed by atoms with Gasteiger partial charge in [0, 0.05) is 19.5 Å². The summed E-state index contributed by atoms with van der Waals surface area (Å²) in [6.07, 6.45) is 7.57. The number of hydrogen-bond acceptors (Lipinski definition) is 3. The summed E-state index contributed by atoms with van der Waals surface area (Å²) in [5, 5.41) is 2.75. The zero-order chi connectivity index (χ0) is 18.3. The summed E-state index contributed by atoms with van der Waals surface area (Å²) in [6.45, 7) is 0.413. The van der Waals surface area contributed by atoms with Gasteiger partial charge in [0.1, 0.15) is 0 Å². The van der Waals surface area contributed by atoms with Crippen LogP contribution in [0, 0.1) is 11.6 Å². The van der Waals surface area contributed by atoms with Crippen LogP contribution in [0.5, 0.6) is 0 Å². The first-order chi connectivity index (χ1) is 11.9. The summed E-state index contributed by atoms with van der Waals surface area (Å²) in [5.41, 5.74) is 1.35. The molecule has 5 nitrogen and oxygen atoms in total. The Bertz CT molecular complexity index is 748. The number of hydrogen-bond donors (Lipinski definition) is 2. The SMILES string of the molecule is O=C(CCNS(=O)(=O)c1ccc(F)c(F)c1)NCCC1=CCCCC1. The second kappa shape index (κ2) is 9.05. The summed E-state index contributed by atoms with van der Waals surface area (Å²) in [5.74, 6) is -2.62. The molecule has 0 saturated carbocycles. The number of carbonyl (C=O) groups excluding carboxylic acids is 1. The van der Waals surface area contributed by atoms with Crippen LogP contribution in [0.25, 0.3) is 0 Å². The summed E-state index contributed by atoms with van der Waals surface area (Å²) >= 11 is 0. The van der Waals surface area contributed by atoms with Gasteiger partial charge in [0.15, 0.2) is 11.6 Å². The van der Waals surface area contributed by atoms with Gasteiger partial charge in [0.25, 0.3) is 0 Å². The number of halogens is 2. The highest BCUT2D eigenvalue weighted by Crippen LogP contribution is 2.19. The van der Waals surface area contributed by atoms with Crippen molar-refractivity contribution in [1.29, 1.82) is 0 Å². The van der Waals surface area contributed by atoms with Crippen LogP contribution in [0.2, 0.25) is 0 Å². The summed E-state index contributed by atoms with van der Waals surface area (Å²) in [7, 11) is -3.98. The van der Waals surface area contributed by atoms with Gasteiger partial charge in [-0.05, 0) is 50.3 Å². The van der Waals surface area contributed by atoms with Crippen molar-refractivity contribution in [1.82, 2.24) is 10.0 Å². The number of nitrogens with one attached hydrogen (secondary N) is 2. The van der Waals surface area contributed by atoms with E-state index >= 15 is 0 Å². The van der Waals surface area contributed by atoms with Crippen molar-refractivity contribution in [3.05, 3.63) is 41.5 Å². The minimum atomic E-state index is -3.98. The fourth-order valence-electron chi connectivity index (χ4n) is 2.61. The molecule has 0 fully saturated rings. The first-order valence-corrected chi connectivity index (χ1v) is 9.76. The maximum absolute atomic E-state index is 13.1. The predicted octanol–water partition coefficient (Wildman–Crippen LogP) is 2.64. The Balaban J connectivity index is 1.72. The molecule has 138 valence electrons. The van der Waals surface area contributed by atoms with E-state index in [4.69, 9.17) is 0 Å². The molecule has 1 aliphatic carbocycles. The van der Waals surface area contributed by atoms with E-state index in [-0.39, 0.29) is 23.8 Å². The molecule has 2 rings (SSSR count). The highest BCUT2D eigenvalue weighted by Gasteiger charge is 2.16. The molecular formula is C17H22F2N2O3S. The molecule has 1 aromatic rings. The number of benzene rings is 1. The molecule has 0 bridgehead atoms. The van der Waals surface area contributed by atoms with Crippen LogP contribution < -0.4 is 10.0 Å². The normalized spacial score (nSPS) is 14.9. The molecule has 0 heterocycles. The quantitative estimate of drug-likeness (QED) is 0.689. The van der Waals surface area contributed by atoms with E-state index in [2.05, 4.69) is 16.1 Å². The number of amides is 1. The molecule has 0 saturated heterocycles. The topological polar surface area (TPSA) is 75.3 Å². The van der Waals surface area contributed by atoms with Crippen molar-refractivity contribution in [3.8, 4) is 0 Å². The van der Waals surface area contributed by atoms with Crippen LogP contribution in [-0.4, -0.2) is 27.4 Å². The molecule has 8 heteroatoms. The Morgan fingerprint density at radius 2 is 1.92 bits per heavy atom. The average Bonchev–Trinajstić information content (AvgIpc) is 2.58. The third-order valence-electron chi connectivity index (χ3n) is 4.00. The Morgan fingerprint density at radius 1 is 1.12 bits per heavy atom. The fraction of sp³-hybridized carbons (Fsp3) is 0.471. The van der Waals surface area contributed by atoms with Gasteiger partial charge in [-0.15, -0.1) is 0 Å². The van der Waals surface area contributed by atoms with Crippen LogP contribution in [0.4, 0.5) is 8.78 Å². The molecule has 1 aliphatic rings. The molecule has 0 unspecified atom stereocenters. The van der Waals surface area contributed by atoms with E-state index in [1.54, 1.807) is 0 Å². The Kier molecular flexibility index (Phi) is 7.07. The number of allylic oxidation sites excluding steroid dienone is 1. The summed E-state index contributed by atoms with van der Waals surface area (Å²) in [4.78, 5) is 11.4. The van der Waals surface area contributed by atoms with Crippen molar-refractivity contribution >= 4 is 15.9 Å². The van der Waals surface area contributed by atoms with Gasteiger partial charge in [-0.2, -0.15) is 0 Å². The van der Waals surface area contributed by atoms with Gasteiger partial charge in [-0.3, -0.25) is 4.79 Å². The lowest BCUT2D eigenvalue weighted by Crippen LogP contribution is -2.31. The van der Waals surface area contributed by atoms with Crippen molar-refractivity contribution in [2.24, 2.45) is 0 Å².